The fourth-order valence-corrected chi connectivity index (χ4v) is 4.42. The second kappa shape index (κ2) is 7.61. The Bertz CT molecular complexity index is 820. The molecule has 0 spiro atoms. The molecule has 0 heterocycles. The van der Waals surface area contributed by atoms with Gasteiger partial charge in [-0.2, -0.15) is 4.31 Å². The van der Waals surface area contributed by atoms with Gasteiger partial charge in [-0.1, -0.05) is 35.3 Å². The average molecular weight is 390 g/mol. The number of halogens is 2. The van der Waals surface area contributed by atoms with Gasteiger partial charge < -0.3 is 9.47 Å². The van der Waals surface area contributed by atoms with Gasteiger partial charge in [0.25, 0.3) is 0 Å². The molecule has 5 nitrogen and oxygen atoms in total. The Kier molecular flexibility index (Phi) is 5.98. The van der Waals surface area contributed by atoms with Crippen LogP contribution in [0.5, 0.6) is 11.5 Å². The van der Waals surface area contributed by atoms with Gasteiger partial charge in [0.15, 0.2) is 0 Å². The second-order valence-corrected chi connectivity index (χ2v) is 7.79. The summed E-state index contributed by atoms with van der Waals surface area (Å²) in [6, 6.07) is 9.75. The smallest absolute Gasteiger partial charge is 0.246 e. The quantitative estimate of drug-likeness (QED) is 0.752. The first kappa shape index (κ1) is 18.9. The van der Waals surface area contributed by atoms with Gasteiger partial charge in [-0.25, -0.2) is 8.42 Å². The minimum Gasteiger partial charge on any atom is -0.497 e. The summed E-state index contributed by atoms with van der Waals surface area (Å²) in [4.78, 5) is -0.108. The van der Waals surface area contributed by atoms with E-state index in [9.17, 15) is 8.42 Å². The van der Waals surface area contributed by atoms with Crippen LogP contribution in [0.3, 0.4) is 0 Å². The Morgan fingerprint density at radius 1 is 1.04 bits per heavy atom. The highest BCUT2D eigenvalue weighted by Crippen LogP contribution is 2.33. The van der Waals surface area contributed by atoms with Crippen LogP contribution < -0.4 is 9.47 Å². The van der Waals surface area contributed by atoms with Crippen molar-refractivity contribution in [1.29, 1.82) is 0 Å². The van der Waals surface area contributed by atoms with Gasteiger partial charge in [0.2, 0.25) is 10.0 Å². The molecule has 8 heteroatoms. The van der Waals surface area contributed by atoms with Crippen molar-refractivity contribution < 1.29 is 17.9 Å². The fourth-order valence-electron chi connectivity index (χ4n) is 2.19. The van der Waals surface area contributed by atoms with E-state index >= 15 is 0 Å². The Morgan fingerprint density at radius 3 is 2.21 bits per heavy atom. The summed E-state index contributed by atoms with van der Waals surface area (Å²) in [6.07, 6.45) is 0. The molecule has 0 aromatic heterocycles. The van der Waals surface area contributed by atoms with Gasteiger partial charge in [-0.3, -0.25) is 0 Å². The molecule has 0 saturated carbocycles. The molecule has 2 aromatic rings. The van der Waals surface area contributed by atoms with E-state index < -0.39 is 10.0 Å². The lowest BCUT2D eigenvalue weighted by molar-refractivity contribution is 0.384. The summed E-state index contributed by atoms with van der Waals surface area (Å²) in [5.74, 6) is 1.15. The molecule has 130 valence electrons. The van der Waals surface area contributed by atoms with E-state index in [1.54, 1.807) is 31.4 Å². The zero-order chi connectivity index (χ0) is 17.9. The molecule has 0 fully saturated rings. The lowest BCUT2D eigenvalue weighted by Crippen LogP contribution is -2.27. The first-order valence-corrected chi connectivity index (χ1v) is 9.12. The van der Waals surface area contributed by atoms with E-state index in [2.05, 4.69) is 0 Å². The number of methoxy groups -OCH3 is 2. The van der Waals surface area contributed by atoms with Crippen molar-refractivity contribution in [1.82, 2.24) is 4.31 Å². The Labute approximate surface area is 151 Å². The highest BCUT2D eigenvalue weighted by atomic mass is 35.5. The SMILES string of the molecule is COc1ccc(CN(C)S(=O)(=O)c2c(Cl)cccc2Cl)c(OC)c1. The van der Waals surface area contributed by atoms with Crippen molar-refractivity contribution in [2.24, 2.45) is 0 Å². The van der Waals surface area contributed by atoms with Gasteiger partial charge in [0.1, 0.15) is 16.4 Å². The first-order valence-electron chi connectivity index (χ1n) is 6.92. The highest BCUT2D eigenvalue weighted by molar-refractivity contribution is 7.89. The van der Waals surface area contributed by atoms with Crippen LogP contribution in [0, 0.1) is 0 Å². The molecule has 0 atom stereocenters. The number of hydrogen-bond acceptors (Lipinski definition) is 4. The number of sulfonamides is 1. The maximum atomic E-state index is 12.8. The van der Waals surface area contributed by atoms with Crippen molar-refractivity contribution in [3.05, 3.63) is 52.0 Å². The second-order valence-electron chi connectivity index (χ2n) is 4.99. The zero-order valence-corrected chi connectivity index (χ0v) is 15.7. The summed E-state index contributed by atoms with van der Waals surface area (Å²) in [5, 5.41) is 0.159. The molecule has 0 saturated heterocycles. The topological polar surface area (TPSA) is 55.8 Å². The van der Waals surface area contributed by atoms with Crippen LogP contribution in [0.1, 0.15) is 5.56 Å². The van der Waals surface area contributed by atoms with Crippen LogP contribution >= 0.6 is 23.2 Å². The average Bonchev–Trinajstić information content (AvgIpc) is 2.54. The molecule has 0 N–H and O–H groups in total. The van der Waals surface area contributed by atoms with E-state index in [-0.39, 0.29) is 21.5 Å². The lowest BCUT2D eigenvalue weighted by atomic mass is 10.2. The monoisotopic (exact) mass is 389 g/mol. The first-order chi connectivity index (χ1) is 11.3. The molecule has 0 aliphatic rings. The number of rotatable bonds is 6. The largest absolute Gasteiger partial charge is 0.497 e. The van der Waals surface area contributed by atoms with Crippen LogP contribution in [0.15, 0.2) is 41.3 Å². The van der Waals surface area contributed by atoms with Crippen molar-refractivity contribution in [3.8, 4) is 11.5 Å². The highest BCUT2D eigenvalue weighted by Gasteiger charge is 2.27. The van der Waals surface area contributed by atoms with Crippen LogP contribution in [0.2, 0.25) is 10.0 Å². The van der Waals surface area contributed by atoms with E-state index in [0.29, 0.717) is 17.1 Å². The molecule has 0 aliphatic carbocycles. The molecule has 0 bridgehead atoms. The summed E-state index contributed by atoms with van der Waals surface area (Å²) >= 11 is 12.1. The minimum atomic E-state index is -3.86. The summed E-state index contributed by atoms with van der Waals surface area (Å²) in [5.41, 5.74) is 0.688. The summed E-state index contributed by atoms with van der Waals surface area (Å²) < 4.78 is 37.2. The molecule has 0 aliphatic heterocycles. The van der Waals surface area contributed by atoms with E-state index in [0.717, 1.165) is 0 Å². The van der Waals surface area contributed by atoms with Crippen molar-refractivity contribution in [2.75, 3.05) is 21.3 Å². The third kappa shape index (κ3) is 3.78. The molecule has 2 rings (SSSR count). The number of benzene rings is 2. The van der Waals surface area contributed by atoms with Crippen molar-refractivity contribution >= 4 is 33.2 Å². The number of nitrogens with zero attached hydrogens (tertiary/aromatic N) is 1. The Morgan fingerprint density at radius 2 is 1.67 bits per heavy atom. The maximum absolute atomic E-state index is 12.8. The molecular formula is C16H17Cl2NO4S. The maximum Gasteiger partial charge on any atom is 0.246 e. The van der Waals surface area contributed by atoms with Crippen molar-refractivity contribution in [3.63, 3.8) is 0 Å². The van der Waals surface area contributed by atoms with Crippen LogP contribution in [0.4, 0.5) is 0 Å². The van der Waals surface area contributed by atoms with Crippen molar-refractivity contribution in [2.45, 2.75) is 11.4 Å². The molecular weight excluding hydrogens is 373 g/mol. The van der Waals surface area contributed by atoms with Gasteiger partial charge in [0, 0.05) is 25.2 Å². The van der Waals surface area contributed by atoms with Crippen LogP contribution in [-0.4, -0.2) is 34.0 Å². The number of hydrogen-bond donors (Lipinski definition) is 0. The molecule has 0 amide bonds. The molecule has 2 aromatic carbocycles. The standard InChI is InChI=1S/C16H17Cl2NO4S/c1-19(10-11-7-8-12(22-2)9-15(11)23-3)24(20,21)16-13(17)5-4-6-14(16)18/h4-9H,10H2,1-3H3. The van der Waals surface area contributed by atoms with Gasteiger partial charge >= 0.3 is 0 Å². The predicted molar refractivity (Wildman–Crippen MR) is 94.7 cm³/mol. The van der Waals surface area contributed by atoms with Gasteiger partial charge in [0.05, 0.1) is 24.3 Å². The normalized spacial score (nSPS) is 11.6. The Balaban J connectivity index is 2.37. The summed E-state index contributed by atoms with van der Waals surface area (Å²) in [7, 11) is 0.658. The third-order valence-corrected chi connectivity index (χ3v) is 6.23. The third-order valence-electron chi connectivity index (χ3n) is 3.47. The molecule has 0 radical (unpaired) electrons. The summed E-state index contributed by atoms with van der Waals surface area (Å²) in [6.45, 7) is 0.0943. The minimum absolute atomic E-state index is 0.0797. The van der Waals surface area contributed by atoms with E-state index in [1.165, 1.54) is 30.6 Å². The molecule has 24 heavy (non-hydrogen) atoms. The van der Waals surface area contributed by atoms with Gasteiger partial charge in [-0.15, -0.1) is 0 Å². The predicted octanol–water partition coefficient (Wildman–Crippen LogP) is 3.83. The van der Waals surface area contributed by atoms with E-state index in [1.807, 2.05) is 0 Å². The van der Waals surface area contributed by atoms with Crippen LogP contribution in [0.25, 0.3) is 0 Å². The Hall–Kier alpha value is -1.47. The number of ether oxygens (including phenoxy) is 2. The lowest BCUT2D eigenvalue weighted by Gasteiger charge is -2.20. The van der Waals surface area contributed by atoms with Crippen LogP contribution in [-0.2, 0) is 16.6 Å². The zero-order valence-electron chi connectivity index (χ0n) is 13.4. The van der Waals surface area contributed by atoms with E-state index in [4.69, 9.17) is 32.7 Å². The molecule has 0 unspecified atom stereocenters. The van der Waals surface area contributed by atoms with Gasteiger partial charge in [-0.05, 0) is 18.2 Å². The fraction of sp³-hybridized carbons (Fsp3) is 0.250.